The van der Waals surface area contributed by atoms with E-state index in [0.29, 0.717) is 0 Å². The van der Waals surface area contributed by atoms with E-state index in [-0.39, 0.29) is 12.1 Å². The lowest BCUT2D eigenvalue weighted by Crippen LogP contribution is -2.60. The summed E-state index contributed by atoms with van der Waals surface area (Å²) in [5.41, 5.74) is 10.5. The molecule has 2 aliphatic heterocycles. The van der Waals surface area contributed by atoms with Gasteiger partial charge < -0.3 is 9.80 Å². The van der Waals surface area contributed by atoms with Crippen LogP contribution < -0.4 is 25.5 Å². The Labute approximate surface area is 260 Å². The highest BCUT2D eigenvalue weighted by molar-refractivity contribution is 7.35. The maximum absolute atomic E-state index is 2.56. The van der Waals surface area contributed by atoms with Crippen molar-refractivity contribution in [1.29, 1.82) is 0 Å². The van der Waals surface area contributed by atoms with E-state index in [4.69, 9.17) is 0 Å². The molecule has 0 atom stereocenters. The number of rotatable bonds is 2. The topological polar surface area (TPSA) is 6.48 Å². The summed E-state index contributed by atoms with van der Waals surface area (Å²) in [6.07, 6.45) is 0. The van der Waals surface area contributed by atoms with E-state index in [1.165, 1.54) is 74.9 Å². The molecule has 2 nitrogen and oxygen atoms in total. The number of anilines is 6. The van der Waals surface area contributed by atoms with Gasteiger partial charge in [0.15, 0.2) is 0 Å². The average Bonchev–Trinajstić information content (AvgIpc) is 3.60. The number of benzene rings is 5. The third kappa shape index (κ3) is 3.59. The molecule has 206 valence electrons. The third-order valence-corrected chi connectivity index (χ3v) is 11.4. The second-order valence-corrected chi connectivity index (χ2v) is 14.7. The molecule has 0 saturated heterocycles. The Hall–Kier alpha value is -4.32. The van der Waals surface area contributed by atoms with E-state index in [0.717, 1.165) is 0 Å². The summed E-state index contributed by atoms with van der Waals surface area (Å²) >= 11 is 3.89. The molecule has 9 rings (SSSR count). The van der Waals surface area contributed by atoms with E-state index in [1.807, 2.05) is 22.7 Å². The van der Waals surface area contributed by atoms with Gasteiger partial charge in [0.2, 0.25) is 0 Å². The quantitative estimate of drug-likeness (QED) is 0.186. The highest BCUT2D eigenvalue weighted by atomic mass is 32.1. The minimum Gasteiger partial charge on any atom is -0.310 e. The van der Waals surface area contributed by atoms with Crippen molar-refractivity contribution in [2.24, 2.45) is 0 Å². The van der Waals surface area contributed by atoms with Crippen LogP contribution in [0.2, 0.25) is 0 Å². The van der Waals surface area contributed by atoms with Crippen LogP contribution >= 0.6 is 22.7 Å². The van der Waals surface area contributed by atoms with E-state index in [2.05, 4.69) is 152 Å². The lowest BCUT2D eigenvalue weighted by molar-refractivity contribution is 0.590. The Balaban J connectivity index is 1.49. The molecule has 7 aromatic rings. The maximum atomic E-state index is 2.56. The highest BCUT2D eigenvalue weighted by Crippen LogP contribution is 2.51. The zero-order valence-electron chi connectivity index (χ0n) is 24.3. The van der Waals surface area contributed by atoms with Gasteiger partial charge in [0, 0.05) is 42.3 Å². The van der Waals surface area contributed by atoms with Crippen LogP contribution in [0, 0.1) is 0 Å². The summed E-state index contributed by atoms with van der Waals surface area (Å²) in [5.74, 6) is 0. The Morgan fingerprint density at radius 1 is 0.558 bits per heavy atom. The van der Waals surface area contributed by atoms with Crippen LogP contribution in [0.15, 0.2) is 121 Å². The normalized spacial score (nSPS) is 13.8. The minimum absolute atomic E-state index is 0.0246. The molecule has 5 aromatic carbocycles. The van der Waals surface area contributed by atoms with Gasteiger partial charge in [0.05, 0.1) is 10.7 Å². The Morgan fingerprint density at radius 3 is 1.74 bits per heavy atom. The van der Waals surface area contributed by atoms with Crippen LogP contribution in [0.3, 0.4) is 0 Å². The van der Waals surface area contributed by atoms with Gasteiger partial charge in [-0.15, -0.1) is 22.7 Å². The van der Waals surface area contributed by atoms with Gasteiger partial charge in [0.1, 0.15) is 0 Å². The second-order valence-electron chi connectivity index (χ2n) is 12.6. The van der Waals surface area contributed by atoms with Crippen LogP contribution in [0.4, 0.5) is 33.4 Å². The van der Waals surface area contributed by atoms with Crippen molar-refractivity contribution < 1.29 is 0 Å². The van der Waals surface area contributed by atoms with Crippen molar-refractivity contribution in [3.63, 3.8) is 0 Å². The molecule has 5 heteroatoms. The van der Waals surface area contributed by atoms with Crippen LogP contribution in [0.5, 0.6) is 0 Å². The summed E-state index contributed by atoms with van der Waals surface area (Å²) in [4.78, 5) is 5.10. The van der Waals surface area contributed by atoms with E-state index in [1.54, 1.807) is 0 Å². The Bertz CT molecular complexity index is 2190. The van der Waals surface area contributed by atoms with E-state index < -0.39 is 0 Å². The summed E-state index contributed by atoms with van der Waals surface area (Å²) in [6, 6.07) is 44.8. The molecule has 0 spiro atoms. The number of nitrogens with zero attached hydrogens (tertiary/aromatic N) is 2. The number of para-hydroxylation sites is 2. The van der Waals surface area contributed by atoms with Crippen LogP contribution in [0.25, 0.3) is 20.2 Å². The summed E-state index contributed by atoms with van der Waals surface area (Å²) in [6.45, 7) is 7.15. The molecule has 0 aliphatic carbocycles. The molecular weight excluding hydrogens is 559 g/mol. The molecule has 2 aliphatic rings. The van der Waals surface area contributed by atoms with Crippen LogP contribution in [-0.4, -0.2) is 6.71 Å². The predicted molar refractivity (Wildman–Crippen MR) is 190 cm³/mol. The van der Waals surface area contributed by atoms with Gasteiger partial charge in [-0.05, 0) is 75.8 Å². The molecule has 0 bridgehead atoms. The van der Waals surface area contributed by atoms with Gasteiger partial charge in [-0.3, -0.25) is 0 Å². The van der Waals surface area contributed by atoms with Crippen molar-refractivity contribution in [2.75, 3.05) is 9.80 Å². The van der Waals surface area contributed by atoms with Crippen molar-refractivity contribution in [1.82, 2.24) is 0 Å². The first-order valence-electron chi connectivity index (χ1n) is 14.9. The molecule has 0 N–H and O–H groups in total. The minimum atomic E-state index is -0.0246. The number of hydrogen-bond donors (Lipinski definition) is 0. The summed E-state index contributed by atoms with van der Waals surface area (Å²) < 4.78 is 4.11. The fourth-order valence-electron chi connectivity index (χ4n) is 7.01. The monoisotopic (exact) mass is 588 g/mol. The smallest absolute Gasteiger partial charge is 0.266 e. The number of fused-ring (bicyclic) bond motifs is 8. The SMILES string of the molecule is CC(C)(C)c1cc2c3c(c1)N(c1ccccc1)c1c(sc4ccccc14)B3c1c(sc3ccccc13)N2c1ccccc1. The molecule has 2 aromatic heterocycles. The first kappa shape index (κ1) is 25.2. The maximum Gasteiger partial charge on any atom is 0.266 e. The molecule has 43 heavy (non-hydrogen) atoms. The molecule has 0 amide bonds. The Morgan fingerprint density at radius 2 is 1.09 bits per heavy atom. The number of thiophene rings is 2. The molecule has 0 fully saturated rings. The highest BCUT2D eigenvalue weighted by Gasteiger charge is 2.47. The van der Waals surface area contributed by atoms with Crippen molar-refractivity contribution >= 4 is 98.7 Å². The largest absolute Gasteiger partial charge is 0.310 e. The van der Waals surface area contributed by atoms with E-state index in [9.17, 15) is 0 Å². The molecule has 4 heterocycles. The third-order valence-electron chi connectivity index (χ3n) is 8.99. The number of hydrogen-bond acceptors (Lipinski definition) is 4. The average molecular weight is 589 g/mol. The van der Waals surface area contributed by atoms with Gasteiger partial charge in [0.25, 0.3) is 6.71 Å². The van der Waals surface area contributed by atoms with Crippen LogP contribution in [-0.2, 0) is 5.41 Å². The fraction of sp³-hybridized carbons (Fsp3) is 0.105. The fourth-order valence-corrected chi connectivity index (χ4v) is 9.60. The molecule has 0 unspecified atom stereocenters. The van der Waals surface area contributed by atoms with E-state index >= 15 is 0 Å². The lowest BCUT2D eigenvalue weighted by Gasteiger charge is -2.43. The van der Waals surface area contributed by atoms with Crippen molar-refractivity contribution in [3.8, 4) is 0 Å². The Kier molecular flexibility index (Phi) is 5.33. The summed E-state index contributed by atoms with van der Waals surface area (Å²) in [7, 11) is 0. The first-order chi connectivity index (χ1) is 21.0. The molecule has 0 saturated carbocycles. The van der Waals surface area contributed by atoms with Crippen molar-refractivity contribution in [3.05, 3.63) is 127 Å². The second kappa shape index (κ2) is 9.09. The van der Waals surface area contributed by atoms with Gasteiger partial charge in [-0.2, -0.15) is 0 Å². The van der Waals surface area contributed by atoms with Gasteiger partial charge >= 0.3 is 0 Å². The standard InChI is InChI=1S/C38H29BN2S2/c1-38(2,3)24-22-29-34-30(23-24)41(26-16-8-5-9-17-26)37-33(27-18-10-12-20-31(27)43-37)39(34)36-35(28-19-11-13-21-32(28)42-36)40(29)25-14-6-4-7-15-25/h4-23H,1-3H3. The first-order valence-corrected chi connectivity index (χ1v) is 16.5. The zero-order chi connectivity index (χ0) is 28.9. The van der Waals surface area contributed by atoms with Gasteiger partial charge in [-0.25, -0.2) is 0 Å². The zero-order valence-corrected chi connectivity index (χ0v) is 26.0. The van der Waals surface area contributed by atoms with Crippen LogP contribution in [0.1, 0.15) is 26.3 Å². The molecule has 0 radical (unpaired) electrons. The van der Waals surface area contributed by atoms with Crippen molar-refractivity contribution in [2.45, 2.75) is 26.2 Å². The predicted octanol–water partition coefficient (Wildman–Crippen LogP) is 9.50. The summed E-state index contributed by atoms with van der Waals surface area (Å²) in [5, 5.41) is 4.02. The van der Waals surface area contributed by atoms with Gasteiger partial charge in [-0.1, -0.05) is 93.6 Å². The lowest BCUT2D eigenvalue weighted by atomic mass is 9.36. The molecular formula is C38H29BN2S2.